The third-order valence-electron chi connectivity index (χ3n) is 2.70. The van der Waals surface area contributed by atoms with E-state index in [1.165, 1.54) is 19.2 Å². The SMILES string of the molecule is COc1ccc(S(=O)(=O)Nc2nnc(CC(C)C)s2)cc1F. The molecule has 0 bridgehead atoms. The van der Waals surface area contributed by atoms with E-state index in [0.29, 0.717) is 5.92 Å². The quantitative estimate of drug-likeness (QED) is 0.870. The molecular formula is C13H16FN3O3S2. The number of nitrogens with zero attached hydrogens (tertiary/aromatic N) is 2. The van der Waals surface area contributed by atoms with E-state index in [-0.39, 0.29) is 15.8 Å². The van der Waals surface area contributed by atoms with Crippen LogP contribution in [0.25, 0.3) is 0 Å². The summed E-state index contributed by atoms with van der Waals surface area (Å²) in [5.74, 6) is -0.370. The van der Waals surface area contributed by atoms with Gasteiger partial charge in [-0.25, -0.2) is 12.8 Å². The monoisotopic (exact) mass is 345 g/mol. The number of hydrogen-bond acceptors (Lipinski definition) is 6. The van der Waals surface area contributed by atoms with Crippen molar-refractivity contribution in [1.29, 1.82) is 0 Å². The van der Waals surface area contributed by atoms with Crippen molar-refractivity contribution >= 4 is 26.5 Å². The Morgan fingerprint density at radius 1 is 1.36 bits per heavy atom. The van der Waals surface area contributed by atoms with Crippen LogP contribution in [0.15, 0.2) is 23.1 Å². The van der Waals surface area contributed by atoms with Gasteiger partial charge in [-0.2, -0.15) is 0 Å². The number of halogens is 1. The van der Waals surface area contributed by atoms with Crippen LogP contribution in [-0.4, -0.2) is 25.7 Å². The summed E-state index contributed by atoms with van der Waals surface area (Å²) >= 11 is 1.16. The second-order valence-corrected chi connectivity index (χ2v) is 7.75. The maximum atomic E-state index is 13.6. The van der Waals surface area contributed by atoms with Crippen LogP contribution in [0.5, 0.6) is 5.75 Å². The Morgan fingerprint density at radius 2 is 2.09 bits per heavy atom. The highest BCUT2D eigenvalue weighted by molar-refractivity contribution is 7.93. The van der Waals surface area contributed by atoms with E-state index in [9.17, 15) is 12.8 Å². The van der Waals surface area contributed by atoms with E-state index in [1.54, 1.807) is 0 Å². The molecule has 0 saturated heterocycles. The van der Waals surface area contributed by atoms with Crippen molar-refractivity contribution < 1.29 is 17.5 Å². The summed E-state index contributed by atoms with van der Waals surface area (Å²) in [5.41, 5.74) is 0. The first-order valence-electron chi connectivity index (χ1n) is 6.50. The standard InChI is InChI=1S/C13H16FN3O3S2/c1-8(2)6-12-15-16-13(21-12)17-22(18,19)9-4-5-11(20-3)10(14)7-9/h4-5,7-8H,6H2,1-3H3,(H,16,17). The van der Waals surface area contributed by atoms with E-state index in [0.717, 1.165) is 28.8 Å². The average molecular weight is 345 g/mol. The van der Waals surface area contributed by atoms with Crippen LogP contribution in [0.3, 0.4) is 0 Å². The minimum Gasteiger partial charge on any atom is -0.494 e. The van der Waals surface area contributed by atoms with Crippen LogP contribution < -0.4 is 9.46 Å². The molecule has 22 heavy (non-hydrogen) atoms. The first-order valence-corrected chi connectivity index (χ1v) is 8.80. The summed E-state index contributed by atoms with van der Waals surface area (Å²) in [4.78, 5) is -0.202. The van der Waals surface area contributed by atoms with Gasteiger partial charge < -0.3 is 4.74 Å². The number of benzene rings is 1. The number of rotatable bonds is 6. The first kappa shape index (κ1) is 16.6. The van der Waals surface area contributed by atoms with Gasteiger partial charge >= 0.3 is 0 Å². The summed E-state index contributed by atoms with van der Waals surface area (Å²) in [6.07, 6.45) is 0.719. The molecule has 0 unspecified atom stereocenters. The van der Waals surface area contributed by atoms with Crippen LogP contribution in [-0.2, 0) is 16.4 Å². The van der Waals surface area contributed by atoms with Crippen molar-refractivity contribution in [2.24, 2.45) is 5.92 Å². The Bertz CT molecular complexity index is 760. The minimum atomic E-state index is -3.91. The Hall–Kier alpha value is -1.74. The molecule has 1 aromatic carbocycles. The van der Waals surface area contributed by atoms with Crippen molar-refractivity contribution in [2.45, 2.75) is 25.2 Å². The summed E-state index contributed by atoms with van der Waals surface area (Å²) in [6.45, 7) is 4.07. The van der Waals surface area contributed by atoms with Gasteiger partial charge in [0.1, 0.15) is 5.01 Å². The number of hydrogen-bond donors (Lipinski definition) is 1. The molecule has 0 radical (unpaired) electrons. The van der Waals surface area contributed by atoms with Gasteiger partial charge in [0.25, 0.3) is 10.0 Å². The summed E-state index contributed by atoms with van der Waals surface area (Å²) in [7, 11) is -2.61. The molecule has 120 valence electrons. The number of methoxy groups -OCH3 is 1. The normalized spacial score (nSPS) is 11.7. The molecule has 0 aliphatic heterocycles. The molecule has 0 aliphatic carbocycles. The second kappa shape index (κ2) is 6.57. The van der Waals surface area contributed by atoms with Gasteiger partial charge in [0.2, 0.25) is 5.13 Å². The van der Waals surface area contributed by atoms with Gasteiger partial charge in [-0.05, 0) is 24.1 Å². The van der Waals surface area contributed by atoms with Gasteiger partial charge in [0.05, 0.1) is 12.0 Å². The fourth-order valence-corrected chi connectivity index (χ4v) is 3.91. The van der Waals surface area contributed by atoms with E-state index in [1.807, 2.05) is 13.8 Å². The Kier molecular flexibility index (Phi) is 4.97. The Balaban J connectivity index is 2.20. The van der Waals surface area contributed by atoms with Crippen LogP contribution in [0.2, 0.25) is 0 Å². The van der Waals surface area contributed by atoms with Gasteiger partial charge in [-0.1, -0.05) is 25.2 Å². The molecule has 9 heteroatoms. The highest BCUT2D eigenvalue weighted by atomic mass is 32.2. The van der Waals surface area contributed by atoms with Gasteiger partial charge in [-0.3, -0.25) is 4.72 Å². The average Bonchev–Trinajstić information content (AvgIpc) is 2.84. The van der Waals surface area contributed by atoms with Gasteiger partial charge in [-0.15, -0.1) is 10.2 Å². The predicted molar refractivity (Wildman–Crippen MR) is 82.2 cm³/mol. The zero-order chi connectivity index (χ0) is 16.3. The molecular weight excluding hydrogens is 329 g/mol. The molecule has 1 aromatic heterocycles. The molecule has 6 nitrogen and oxygen atoms in total. The van der Waals surface area contributed by atoms with Gasteiger partial charge in [0.15, 0.2) is 11.6 Å². The first-order chi connectivity index (χ1) is 10.3. The lowest BCUT2D eigenvalue weighted by Gasteiger charge is -2.06. The molecule has 0 atom stereocenters. The number of sulfonamides is 1. The number of ether oxygens (including phenoxy) is 1. The third kappa shape index (κ3) is 3.92. The fourth-order valence-electron chi connectivity index (χ4n) is 1.71. The maximum absolute atomic E-state index is 13.6. The lowest BCUT2D eigenvalue weighted by Crippen LogP contribution is -2.13. The molecule has 1 heterocycles. The summed E-state index contributed by atoms with van der Waals surface area (Å²) in [6, 6.07) is 3.42. The smallest absolute Gasteiger partial charge is 0.263 e. The number of anilines is 1. The third-order valence-corrected chi connectivity index (χ3v) is 5.03. The van der Waals surface area contributed by atoms with E-state index in [4.69, 9.17) is 4.74 Å². The maximum Gasteiger partial charge on any atom is 0.263 e. The van der Waals surface area contributed by atoms with Crippen LogP contribution >= 0.6 is 11.3 Å². The molecule has 2 rings (SSSR count). The van der Waals surface area contributed by atoms with Crippen molar-refractivity contribution in [3.8, 4) is 5.75 Å². The fraction of sp³-hybridized carbons (Fsp3) is 0.385. The number of nitrogens with one attached hydrogen (secondary N) is 1. The van der Waals surface area contributed by atoms with Crippen molar-refractivity contribution in [2.75, 3.05) is 11.8 Å². The van der Waals surface area contributed by atoms with Crippen molar-refractivity contribution in [1.82, 2.24) is 10.2 Å². The molecule has 0 aliphatic rings. The molecule has 0 fully saturated rings. The summed E-state index contributed by atoms with van der Waals surface area (Å²) < 4.78 is 45.1. The second-order valence-electron chi connectivity index (χ2n) is 5.00. The zero-order valence-electron chi connectivity index (χ0n) is 12.3. The summed E-state index contributed by atoms with van der Waals surface area (Å²) in [5, 5.41) is 8.63. The van der Waals surface area contributed by atoms with Gasteiger partial charge in [0, 0.05) is 6.42 Å². The number of aromatic nitrogens is 2. The topological polar surface area (TPSA) is 81.2 Å². The van der Waals surface area contributed by atoms with Crippen molar-refractivity contribution in [3.05, 3.63) is 29.0 Å². The lowest BCUT2D eigenvalue weighted by molar-refractivity contribution is 0.385. The Morgan fingerprint density at radius 3 is 2.68 bits per heavy atom. The Labute approximate surface area is 132 Å². The molecule has 0 spiro atoms. The zero-order valence-corrected chi connectivity index (χ0v) is 14.0. The largest absolute Gasteiger partial charge is 0.494 e. The van der Waals surface area contributed by atoms with Crippen molar-refractivity contribution in [3.63, 3.8) is 0 Å². The van der Waals surface area contributed by atoms with Crippen LogP contribution in [0.1, 0.15) is 18.9 Å². The predicted octanol–water partition coefficient (Wildman–Crippen LogP) is 2.69. The highest BCUT2D eigenvalue weighted by Crippen LogP contribution is 2.24. The van der Waals surface area contributed by atoms with E-state index >= 15 is 0 Å². The highest BCUT2D eigenvalue weighted by Gasteiger charge is 2.19. The van der Waals surface area contributed by atoms with E-state index < -0.39 is 15.8 Å². The van der Waals surface area contributed by atoms with Crippen LogP contribution in [0, 0.1) is 11.7 Å². The molecule has 2 aromatic rings. The van der Waals surface area contributed by atoms with Crippen LogP contribution in [0.4, 0.5) is 9.52 Å². The molecule has 1 N–H and O–H groups in total. The molecule has 0 amide bonds. The lowest BCUT2D eigenvalue weighted by atomic mass is 10.1. The molecule has 0 saturated carbocycles. The minimum absolute atomic E-state index is 0.0194. The van der Waals surface area contributed by atoms with E-state index in [2.05, 4.69) is 14.9 Å².